The molecule has 75 heavy (non-hydrogen) atoms. The third kappa shape index (κ3) is 18.1. The van der Waals surface area contributed by atoms with Gasteiger partial charge in [0, 0.05) is 76.2 Å². The van der Waals surface area contributed by atoms with Crippen molar-refractivity contribution in [2.75, 3.05) is 19.8 Å². The maximum absolute atomic E-state index is 13.2. The predicted molar refractivity (Wildman–Crippen MR) is 237 cm³/mol. The minimum absolute atomic E-state index is 0.432. The molecule has 420 valence electrons. The maximum atomic E-state index is 13.2. The van der Waals surface area contributed by atoms with Gasteiger partial charge in [-0.3, -0.25) is 52.7 Å². The average Bonchev–Trinajstić information content (AvgIpc) is 3.27. The zero-order valence-corrected chi connectivity index (χ0v) is 43.1. The van der Waals surface area contributed by atoms with E-state index in [1.807, 2.05) is 0 Å². The number of esters is 10. The standard InChI is InChI=1S/C46H63NO28/c1-18-35(64-23(6)52)40(68-27(10)56)42(70-29(12)58)45(63-18)75-43-41(69-28(11)57)38(66-25(8)54)33(17-62-22(5)51)73-46(43)74-37-32(16-61-21(4)50)72-44(34(47-19(2)48)39(37)67-26(9)55)71-30-13-14-59-31(15-60-20(3)49)36(30)65-24(7)53/h13-14,18,30-46H,15-17H2,1-12H3,(H,47,48)/t18-,30+,31+,32+,33+,34+,35+,36+,37+,38-,39+,40+,41-,42-,43+,44+,45-,46-/m0/s1. The molecular weight excluding hydrogens is 1010 g/mol. The van der Waals surface area contributed by atoms with E-state index < -0.39 is 196 Å². The van der Waals surface area contributed by atoms with Gasteiger partial charge in [-0.15, -0.1) is 0 Å². The zero-order chi connectivity index (χ0) is 56.0. The second-order valence-electron chi connectivity index (χ2n) is 17.3. The van der Waals surface area contributed by atoms with E-state index in [0.717, 1.165) is 82.4 Å². The van der Waals surface area contributed by atoms with Crippen molar-refractivity contribution >= 4 is 65.6 Å². The summed E-state index contributed by atoms with van der Waals surface area (Å²) in [5.74, 6) is -9.85. The molecule has 0 aromatic carbocycles. The molecule has 0 radical (unpaired) electrons. The van der Waals surface area contributed by atoms with E-state index in [0.29, 0.717) is 0 Å². The molecule has 4 aliphatic heterocycles. The minimum Gasteiger partial charge on any atom is -0.491 e. The van der Waals surface area contributed by atoms with Gasteiger partial charge in [-0.2, -0.15) is 0 Å². The monoisotopic (exact) mass is 1080 g/mol. The van der Waals surface area contributed by atoms with Crippen LogP contribution in [0.1, 0.15) is 83.1 Å². The Morgan fingerprint density at radius 2 is 0.773 bits per heavy atom. The fourth-order valence-electron chi connectivity index (χ4n) is 8.32. The van der Waals surface area contributed by atoms with Gasteiger partial charge in [0.2, 0.25) is 5.91 Å². The highest BCUT2D eigenvalue weighted by atomic mass is 16.8. The van der Waals surface area contributed by atoms with Gasteiger partial charge in [0.25, 0.3) is 0 Å². The highest BCUT2D eigenvalue weighted by Gasteiger charge is 2.60. The second-order valence-corrected chi connectivity index (χ2v) is 17.3. The summed E-state index contributed by atoms with van der Waals surface area (Å²) in [5.41, 5.74) is 0. The molecule has 18 atom stereocenters. The van der Waals surface area contributed by atoms with Crippen LogP contribution in [0.2, 0.25) is 0 Å². The topological polar surface area (TPSA) is 357 Å². The van der Waals surface area contributed by atoms with Crippen LogP contribution in [0.3, 0.4) is 0 Å². The van der Waals surface area contributed by atoms with Crippen molar-refractivity contribution in [3.05, 3.63) is 12.3 Å². The van der Waals surface area contributed by atoms with Crippen molar-refractivity contribution in [2.24, 2.45) is 0 Å². The Hall–Kier alpha value is -6.53. The van der Waals surface area contributed by atoms with Gasteiger partial charge in [0.05, 0.1) is 12.4 Å². The van der Waals surface area contributed by atoms with E-state index >= 15 is 0 Å². The zero-order valence-electron chi connectivity index (χ0n) is 43.1. The Morgan fingerprint density at radius 1 is 0.387 bits per heavy atom. The van der Waals surface area contributed by atoms with Crippen LogP contribution in [0.25, 0.3) is 0 Å². The normalized spacial score (nSPS) is 33.1. The molecule has 4 aliphatic rings. The van der Waals surface area contributed by atoms with E-state index in [9.17, 15) is 52.7 Å². The molecule has 29 heteroatoms. The number of rotatable bonds is 20. The molecule has 0 spiro atoms. The maximum Gasteiger partial charge on any atom is 0.303 e. The van der Waals surface area contributed by atoms with Crippen molar-refractivity contribution in [1.29, 1.82) is 0 Å². The van der Waals surface area contributed by atoms with Gasteiger partial charge < -0.3 is 85.8 Å². The largest absolute Gasteiger partial charge is 0.491 e. The Labute approximate surface area is 429 Å². The molecule has 0 saturated carbocycles. The summed E-state index contributed by atoms with van der Waals surface area (Å²) in [6, 6.07) is -1.64. The van der Waals surface area contributed by atoms with Crippen molar-refractivity contribution in [3.63, 3.8) is 0 Å². The summed E-state index contributed by atoms with van der Waals surface area (Å²) in [7, 11) is 0. The van der Waals surface area contributed by atoms with Crippen LogP contribution in [0.15, 0.2) is 12.3 Å². The van der Waals surface area contributed by atoms with Crippen LogP contribution < -0.4 is 5.32 Å². The van der Waals surface area contributed by atoms with Crippen molar-refractivity contribution < 1.29 is 133 Å². The van der Waals surface area contributed by atoms with Crippen molar-refractivity contribution in [1.82, 2.24) is 5.32 Å². The first-order valence-corrected chi connectivity index (χ1v) is 23.3. The molecule has 0 aliphatic carbocycles. The van der Waals surface area contributed by atoms with E-state index in [1.54, 1.807) is 0 Å². The fourth-order valence-corrected chi connectivity index (χ4v) is 8.32. The van der Waals surface area contributed by atoms with Gasteiger partial charge in [0.1, 0.15) is 50.3 Å². The highest BCUT2D eigenvalue weighted by molar-refractivity contribution is 5.74. The summed E-state index contributed by atoms with van der Waals surface area (Å²) in [5, 5.41) is 2.60. The van der Waals surface area contributed by atoms with Crippen LogP contribution in [-0.4, -0.2) is 196 Å². The van der Waals surface area contributed by atoms with Gasteiger partial charge in [0.15, 0.2) is 73.8 Å². The summed E-state index contributed by atoms with van der Waals surface area (Å²) >= 11 is 0. The lowest BCUT2D eigenvalue weighted by Crippen LogP contribution is -2.70. The Kier molecular flexibility index (Phi) is 22.7. The first-order chi connectivity index (χ1) is 35.1. The molecule has 3 saturated heterocycles. The molecule has 3 fully saturated rings. The SMILES string of the molecule is CC(=O)N[C@H]1[C@H](O[C@@H]2C=CO[C@H](COC(C)=O)[C@@H]2OC(C)=O)O[C@H](COC(C)=O)[C@@H](O[C@@H]2O[C@H](COC(C)=O)[C@H](OC(C)=O)[C@H](OC(C)=O)[C@H]2O[C@@H]2O[C@@H](C)[C@@H](OC(C)=O)[C@@H](OC(C)=O)[C@@H]2OC(C)=O)[C@@H]1OC(C)=O. The summed E-state index contributed by atoms with van der Waals surface area (Å²) in [6.45, 7) is 10.8. The number of ether oxygens (including phenoxy) is 17. The molecule has 4 heterocycles. The molecule has 0 aromatic rings. The lowest BCUT2D eigenvalue weighted by atomic mass is 9.94. The highest BCUT2D eigenvalue weighted by Crippen LogP contribution is 2.38. The molecule has 0 aromatic heterocycles. The molecule has 0 bridgehead atoms. The number of hydrogen-bond donors (Lipinski definition) is 1. The predicted octanol–water partition coefficient (Wildman–Crippen LogP) is -1.03. The van der Waals surface area contributed by atoms with Gasteiger partial charge in [-0.05, 0) is 13.0 Å². The van der Waals surface area contributed by atoms with E-state index in [2.05, 4.69) is 5.32 Å². The first-order valence-electron chi connectivity index (χ1n) is 23.3. The number of carbonyl (C=O) groups is 11. The first kappa shape index (κ1) is 61.0. The van der Waals surface area contributed by atoms with Crippen LogP contribution in [-0.2, 0) is 133 Å². The van der Waals surface area contributed by atoms with E-state index in [4.69, 9.17) is 80.5 Å². The second kappa shape index (κ2) is 27.8. The summed E-state index contributed by atoms with van der Waals surface area (Å²) < 4.78 is 99.2. The quantitative estimate of drug-likeness (QED) is 0.112. The summed E-state index contributed by atoms with van der Waals surface area (Å²) in [6.07, 6.45) is -25.9. The minimum atomic E-state index is -2.09. The van der Waals surface area contributed by atoms with Crippen molar-refractivity contribution in [3.8, 4) is 0 Å². The van der Waals surface area contributed by atoms with Gasteiger partial charge in [-0.1, -0.05) is 0 Å². The van der Waals surface area contributed by atoms with Gasteiger partial charge in [-0.25, -0.2) is 0 Å². The van der Waals surface area contributed by atoms with Crippen molar-refractivity contribution in [2.45, 2.75) is 193 Å². The lowest BCUT2D eigenvalue weighted by Gasteiger charge is -2.51. The molecule has 4 rings (SSSR count). The van der Waals surface area contributed by atoms with E-state index in [-0.39, 0.29) is 0 Å². The Morgan fingerprint density at radius 3 is 1.27 bits per heavy atom. The number of carbonyl (C=O) groups excluding carboxylic acids is 11. The summed E-state index contributed by atoms with van der Waals surface area (Å²) in [4.78, 5) is 139. The molecule has 1 N–H and O–H groups in total. The van der Waals surface area contributed by atoms with Gasteiger partial charge >= 0.3 is 59.7 Å². The lowest BCUT2D eigenvalue weighted by molar-refractivity contribution is -0.384. The average molecular weight is 1080 g/mol. The number of hydrogen-bond acceptors (Lipinski definition) is 28. The Bertz CT molecular complexity index is 2130. The van der Waals surface area contributed by atoms with E-state index in [1.165, 1.54) is 13.0 Å². The number of amides is 1. The third-order valence-electron chi connectivity index (χ3n) is 10.9. The fraction of sp³-hybridized carbons (Fsp3) is 0.717. The smallest absolute Gasteiger partial charge is 0.303 e. The molecular formula is C46H63NO28. The number of nitrogens with one attached hydrogen (secondary N) is 1. The molecule has 0 unspecified atom stereocenters. The third-order valence-corrected chi connectivity index (χ3v) is 10.9. The van der Waals surface area contributed by atoms with Crippen LogP contribution in [0.4, 0.5) is 0 Å². The van der Waals surface area contributed by atoms with Crippen LogP contribution in [0.5, 0.6) is 0 Å². The molecule has 1 amide bonds. The van der Waals surface area contributed by atoms with Crippen LogP contribution in [0, 0.1) is 0 Å². The molecule has 29 nitrogen and oxygen atoms in total. The van der Waals surface area contributed by atoms with Crippen LogP contribution >= 0.6 is 0 Å². The Balaban J connectivity index is 1.96.